The number of benzene rings is 2. The first-order valence-electron chi connectivity index (χ1n) is 9.16. The molecule has 1 aliphatic rings. The van der Waals surface area contributed by atoms with E-state index in [2.05, 4.69) is 9.97 Å². The average Bonchev–Trinajstić information content (AvgIpc) is 2.67. The van der Waals surface area contributed by atoms with Crippen molar-refractivity contribution in [2.24, 2.45) is 0 Å². The summed E-state index contributed by atoms with van der Waals surface area (Å²) in [5, 5.41) is 0.689. The quantitative estimate of drug-likeness (QED) is 0.750. The van der Waals surface area contributed by atoms with Crippen molar-refractivity contribution >= 4 is 28.5 Å². The summed E-state index contributed by atoms with van der Waals surface area (Å²) in [6.45, 7) is 0.637. The van der Waals surface area contributed by atoms with E-state index in [1.165, 1.54) is 0 Å². The number of halogens is 1. The minimum Gasteiger partial charge on any atom is -0.334 e. The summed E-state index contributed by atoms with van der Waals surface area (Å²) in [5.74, 6) is -0.297. The van der Waals surface area contributed by atoms with Crippen LogP contribution < -0.4 is 5.56 Å². The molecule has 1 saturated heterocycles. The normalized spacial score (nSPS) is 17.2. The predicted molar refractivity (Wildman–Crippen MR) is 106 cm³/mol. The second-order valence-electron chi connectivity index (χ2n) is 6.91. The lowest BCUT2D eigenvalue weighted by molar-refractivity contribution is 0.0606. The van der Waals surface area contributed by atoms with Crippen molar-refractivity contribution in [2.45, 2.75) is 31.7 Å². The van der Waals surface area contributed by atoms with Crippen LogP contribution in [0.3, 0.4) is 0 Å². The van der Waals surface area contributed by atoms with Crippen molar-refractivity contribution in [3.05, 3.63) is 75.2 Å². The summed E-state index contributed by atoms with van der Waals surface area (Å²) < 4.78 is 0. The Morgan fingerprint density at radius 2 is 2.04 bits per heavy atom. The molecule has 27 heavy (non-hydrogen) atoms. The lowest BCUT2D eigenvalue weighted by atomic mass is 9.95. The molecule has 1 unspecified atom stereocenters. The number of para-hydroxylation sites is 2. The van der Waals surface area contributed by atoms with Crippen LogP contribution in [0.15, 0.2) is 53.3 Å². The molecule has 0 bridgehead atoms. The van der Waals surface area contributed by atoms with Gasteiger partial charge in [0.15, 0.2) is 5.69 Å². The number of hydrogen-bond acceptors (Lipinski definition) is 3. The maximum atomic E-state index is 13.1. The highest BCUT2D eigenvalue weighted by atomic mass is 35.5. The Kier molecular flexibility index (Phi) is 4.94. The van der Waals surface area contributed by atoms with Gasteiger partial charge in [0.1, 0.15) is 0 Å². The van der Waals surface area contributed by atoms with E-state index >= 15 is 0 Å². The van der Waals surface area contributed by atoms with Gasteiger partial charge in [0.05, 0.1) is 11.0 Å². The predicted octanol–water partition coefficient (Wildman–Crippen LogP) is 3.81. The monoisotopic (exact) mass is 381 g/mol. The number of nitrogens with one attached hydrogen (secondary N) is 1. The third-order valence-corrected chi connectivity index (χ3v) is 5.29. The molecule has 1 aliphatic heterocycles. The maximum absolute atomic E-state index is 13.1. The molecule has 6 heteroatoms. The Morgan fingerprint density at radius 1 is 1.19 bits per heavy atom. The highest BCUT2D eigenvalue weighted by Gasteiger charge is 2.30. The topological polar surface area (TPSA) is 66.1 Å². The number of amides is 1. The highest BCUT2D eigenvalue weighted by molar-refractivity contribution is 6.30. The number of hydrogen-bond donors (Lipinski definition) is 1. The first-order chi connectivity index (χ1) is 13.1. The third kappa shape index (κ3) is 3.74. The van der Waals surface area contributed by atoms with Crippen LogP contribution >= 0.6 is 11.6 Å². The van der Waals surface area contributed by atoms with Crippen LogP contribution in [0.4, 0.5) is 0 Å². The molecule has 1 amide bonds. The molecular formula is C21H20ClN3O2. The van der Waals surface area contributed by atoms with E-state index in [-0.39, 0.29) is 17.6 Å². The first-order valence-corrected chi connectivity index (χ1v) is 9.54. The molecule has 0 aliphatic carbocycles. The molecule has 2 aromatic carbocycles. The SMILES string of the molecule is O=C(c1nc2ccccc2[nH]c1=O)N1CCCCC1Cc1cccc(Cl)c1. The Labute approximate surface area is 162 Å². The van der Waals surface area contributed by atoms with Crippen LogP contribution in [0.25, 0.3) is 11.0 Å². The number of aromatic nitrogens is 2. The second-order valence-corrected chi connectivity index (χ2v) is 7.35. The van der Waals surface area contributed by atoms with E-state index in [1.54, 1.807) is 17.0 Å². The Balaban J connectivity index is 1.64. The van der Waals surface area contributed by atoms with Gasteiger partial charge in [-0.25, -0.2) is 4.98 Å². The zero-order valence-electron chi connectivity index (χ0n) is 14.8. The Hall–Kier alpha value is -2.66. The van der Waals surface area contributed by atoms with E-state index in [0.717, 1.165) is 31.2 Å². The number of H-pyrrole nitrogens is 1. The lowest BCUT2D eigenvalue weighted by Crippen LogP contribution is -2.46. The molecule has 2 heterocycles. The first kappa shape index (κ1) is 17.7. The van der Waals surface area contributed by atoms with Crippen molar-refractivity contribution in [1.29, 1.82) is 0 Å². The van der Waals surface area contributed by atoms with E-state index < -0.39 is 5.56 Å². The minimum absolute atomic E-state index is 0.0355. The van der Waals surface area contributed by atoms with Gasteiger partial charge in [-0.2, -0.15) is 0 Å². The van der Waals surface area contributed by atoms with Gasteiger partial charge in [0.2, 0.25) is 0 Å². The van der Waals surface area contributed by atoms with Crippen molar-refractivity contribution in [1.82, 2.24) is 14.9 Å². The molecule has 1 aromatic heterocycles. The van der Waals surface area contributed by atoms with Crippen LogP contribution in [-0.4, -0.2) is 33.4 Å². The summed E-state index contributed by atoms with van der Waals surface area (Å²) in [5.41, 5.74) is 1.86. The van der Waals surface area contributed by atoms with Crippen LogP contribution in [0.5, 0.6) is 0 Å². The molecule has 1 atom stereocenters. The Bertz CT molecular complexity index is 1050. The number of nitrogens with zero attached hydrogens (tertiary/aromatic N) is 2. The number of rotatable bonds is 3. The van der Waals surface area contributed by atoms with Gasteiger partial charge >= 0.3 is 0 Å². The number of piperidine rings is 1. The van der Waals surface area contributed by atoms with E-state index in [1.807, 2.05) is 36.4 Å². The fourth-order valence-corrected chi connectivity index (χ4v) is 3.94. The molecular weight excluding hydrogens is 362 g/mol. The van der Waals surface area contributed by atoms with Gasteiger partial charge in [0.25, 0.3) is 11.5 Å². The van der Waals surface area contributed by atoms with E-state index in [9.17, 15) is 9.59 Å². The summed E-state index contributed by atoms with van der Waals surface area (Å²) in [6, 6.07) is 15.0. The van der Waals surface area contributed by atoms with Crippen molar-refractivity contribution in [3.8, 4) is 0 Å². The Morgan fingerprint density at radius 3 is 2.89 bits per heavy atom. The lowest BCUT2D eigenvalue weighted by Gasteiger charge is -2.35. The van der Waals surface area contributed by atoms with Crippen LogP contribution in [0.1, 0.15) is 35.3 Å². The van der Waals surface area contributed by atoms with Gasteiger partial charge in [0, 0.05) is 17.6 Å². The molecule has 0 radical (unpaired) electrons. The fourth-order valence-electron chi connectivity index (χ4n) is 3.73. The standard InChI is InChI=1S/C21H20ClN3O2/c22-15-7-5-6-14(12-15)13-16-8-3-4-11-25(16)21(27)19-20(26)24-18-10-2-1-9-17(18)23-19/h1-2,5-7,9-10,12,16H,3-4,8,11,13H2,(H,24,26). The molecule has 4 rings (SSSR count). The zero-order valence-corrected chi connectivity index (χ0v) is 15.6. The van der Waals surface area contributed by atoms with Gasteiger partial charge < -0.3 is 9.88 Å². The molecule has 3 aromatic rings. The largest absolute Gasteiger partial charge is 0.334 e. The fraction of sp³-hybridized carbons (Fsp3) is 0.286. The summed E-state index contributed by atoms with van der Waals surface area (Å²) in [7, 11) is 0. The third-order valence-electron chi connectivity index (χ3n) is 5.05. The summed E-state index contributed by atoms with van der Waals surface area (Å²) in [4.78, 5) is 34.5. The number of carbonyl (C=O) groups excluding carboxylic acids is 1. The smallest absolute Gasteiger partial charge is 0.280 e. The van der Waals surface area contributed by atoms with E-state index in [0.29, 0.717) is 22.6 Å². The number of carbonyl (C=O) groups is 1. The van der Waals surface area contributed by atoms with Crippen LogP contribution in [0.2, 0.25) is 5.02 Å². The van der Waals surface area contributed by atoms with Crippen LogP contribution in [-0.2, 0) is 6.42 Å². The van der Waals surface area contributed by atoms with Gasteiger partial charge in [-0.3, -0.25) is 9.59 Å². The highest BCUT2D eigenvalue weighted by Crippen LogP contribution is 2.23. The van der Waals surface area contributed by atoms with Gasteiger partial charge in [-0.15, -0.1) is 0 Å². The zero-order chi connectivity index (χ0) is 18.8. The second kappa shape index (κ2) is 7.53. The maximum Gasteiger partial charge on any atom is 0.280 e. The number of likely N-dealkylation sites (tertiary alicyclic amines) is 1. The van der Waals surface area contributed by atoms with Gasteiger partial charge in [-0.05, 0) is 55.5 Å². The summed E-state index contributed by atoms with van der Waals surface area (Å²) in [6.07, 6.45) is 3.63. The number of fused-ring (bicyclic) bond motifs is 1. The van der Waals surface area contributed by atoms with Crippen molar-refractivity contribution in [3.63, 3.8) is 0 Å². The van der Waals surface area contributed by atoms with Crippen molar-refractivity contribution in [2.75, 3.05) is 6.54 Å². The molecule has 0 saturated carbocycles. The summed E-state index contributed by atoms with van der Waals surface area (Å²) >= 11 is 6.10. The molecule has 138 valence electrons. The molecule has 5 nitrogen and oxygen atoms in total. The van der Waals surface area contributed by atoms with Crippen LogP contribution in [0, 0.1) is 0 Å². The van der Waals surface area contributed by atoms with E-state index in [4.69, 9.17) is 11.6 Å². The number of aromatic amines is 1. The minimum atomic E-state index is -0.439. The van der Waals surface area contributed by atoms with Gasteiger partial charge in [-0.1, -0.05) is 35.9 Å². The molecule has 1 fully saturated rings. The molecule has 1 N–H and O–H groups in total. The van der Waals surface area contributed by atoms with Crippen molar-refractivity contribution < 1.29 is 4.79 Å². The molecule has 0 spiro atoms. The average molecular weight is 382 g/mol.